The van der Waals surface area contributed by atoms with Crippen LogP contribution >= 0.6 is 11.3 Å². The molecule has 0 aromatic carbocycles. The van der Waals surface area contributed by atoms with Gasteiger partial charge in [-0.05, 0) is 53.7 Å². The van der Waals surface area contributed by atoms with Crippen LogP contribution in [-0.2, 0) is 6.42 Å². The molecule has 0 aliphatic rings. The smallest absolute Gasteiger partial charge is 0.000805 e. The summed E-state index contributed by atoms with van der Waals surface area (Å²) in [7, 11) is 0. The zero-order valence-corrected chi connectivity index (χ0v) is 10.3. The minimum atomic E-state index is 0.454. The molecule has 0 saturated carbocycles. The number of rotatable bonds is 5. The third-order valence-corrected chi connectivity index (χ3v) is 2.95. The summed E-state index contributed by atoms with van der Waals surface area (Å²) >= 11 is 1.78. The Morgan fingerprint density at radius 1 is 1.29 bits per heavy atom. The Balaban J connectivity index is 2.00. The van der Waals surface area contributed by atoms with Crippen LogP contribution < -0.4 is 5.32 Å². The summed E-state index contributed by atoms with van der Waals surface area (Å²) in [6.45, 7) is 9.09. The van der Waals surface area contributed by atoms with Crippen LogP contribution in [0.1, 0.15) is 32.8 Å². The first-order valence-electron chi connectivity index (χ1n) is 5.30. The van der Waals surface area contributed by atoms with Gasteiger partial charge in [0.25, 0.3) is 0 Å². The fraction of sp³-hybridized carbons (Fsp3) is 0.667. The van der Waals surface area contributed by atoms with E-state index in [1.165, 1.54) is 12.0 Å². The van der Waals surface area contributed by atoms with Crippen LogP contribution in [0.5, 0.6) is 0 Å². The molecule has 0 saturated heterocycles. The molecule has 1 aromatic rings. The molecule has 1 nitrogen and oxygen atoms in total. The average molecular weight is 211 g/mol. The summed E-state index contributed by atoms with van der Waals surface area (Å²) in [6, 6.07) is 2.20. The van der Waals surface area contributed by atoms with Crippen LogP contribution in [0.2, 0.25) is 0 Å². The molecule has 0 atom stereocenters. The second-order valence-electron chi connectivity index (χ2n) is 4.94. The van der Waals surface area contributed by atoms with Gasteiger partial charge in [-0.15, -0.1) is 0 Å². The second kappa shape index (κ2) is 5.52. The maximum absolute atomic E-state index is 3.48. The number of nitrogens with one attached hydrogen (secondary N) is 1. The van der Waals surface area contributed by atoms with E-state index in [2.05, 4.69) is 42.9 Å². The van der Waals surface area contributed by atoms with Crippen LogP contribution in [0, 0.1) is 5.41 Å². The normalized spacial score (nSPS) is 11.9. The zero-order valence-electron chi connectivity index (χ0n) is 9.47. The lowest BCUT2D eigenvalue weighted by Gasteiger charge is -2.17. The van der Waals surface area contributed by atoms with Crippen molar-refractivity contribution in [3.63, 3.8) is 0 Å². The molecule has 0 spiro atoms. The van der Waals surface area contributed by atoms with Crippen LogP contribution in [0.3, 0.4) is 0 Å². The maximum atomic E-state index is 3.48. The van der Waals surface area contributed by atoms with Gasteiger partial charge in [-0.3, -0.25) is 0 Å². The average Bonchev–Trinajstić information content (AvgIpc) is 2.54. The quantitative estimate of drug-likeness (QED) is 0.737. The van der Waals surface area contributed by atoms with Gasteiger partial charge in [0.05, 0.1) is 0 Å². The van der Waals surface area contributed by atoms with Gasteiger partial charge in [-0.25, -0.2) is 0 Å². The third kappa shape index (κ3) is 5.40. The third-order valence-electron chi connectivity index (χ3n) is 2.22. The Kier molecular flexibility index (Phi) is 4.63. The predicted molar refractivity (Wildman–Crippen MR) is 65.0 cm³/mol. The van der Waals surface area contributed by atoms with Gasteiger partial charge in [-0.1, -0.05) is 20.8 Å². The van der Waals surface area contributed by atoms with Crippen molar-refractivity contribution in [1.82, 2.24) is 5.32 Å². The van der Waals surface area contributed by atoms with Gasteiger partial charge in [0.2, 0.25) is 0 Å². The Morgan fingerprint density at radius 2 is 2.07 bits per heavy atom. The fourth-order valence-electron chi connectivity index (χ4n) is 1.26. The monoisotopic (exact) mass is 211 g/mol. The van der Waals surface area contributed by atoms with Crippen LogP contribution in [0.4, 0.5) is 0 Å². The van der Waals surface area contributed by atoms with E-state index in [1.54, 1.807) is 11.3 Å². The van der Waals surface area contributed by atoms with Gasteiger partial charge in [0, 0.05) is 0 Å². The van der Waals surface area contributed by atoms with Crippen molar-refractivity contribution in [2.24, 2.45) is 5.41 Å². The van der Waals surface area contributed by atoms with Crippen molar-refractivity contribution in [2.75, 3.05) is 13.1 Å². The molecular weight excluding hydrogens is 190 g/mol. The first-order valence-corrected chi connectivity index (χ1v) is 6.24. The molecule has 1 aromatic heterocycles. The van der Waals surface area contributed by atoms with Crippen molar-refractivity contribution in [2.45, 2.75) is 33.6 Å². The summed E-state index contributed by atoms with van der Waals surface area (Å²) in [6.07, 6.45) is 2.41. The number of hydrogen-bond donors (Lipinski definition) is 1. The van der Waals surface area contributed by atoms with E-state index in [0.29, 0.717) is 5.41 Å². The molecule has 0 aliphatic heterocycles. The van der Waals surface area contributed by atoms with E-state index in [9.17, 15) is 0 Å². The molecule has 1 rings (SSSR count). The van der Waals surface area contributed by atoms with Gasteiger partial charge in [0.15, 0.2) is 0 Å². The number of thiophene rings is 1. The van der Waals surface area contributed by atoms with E-state index in [-0.39, 0.29) is 0 Å². The molecule has 0 amide bonds. The molecule has 1 N–H and O–H groups in total. The summed E-state index contributed by atoms with van der Waals surface area (Å²) in [5.41, 5.74) is 1.91. The molecule has 2 heteroatoms. The predicted octanol–water partition coefficient (Wildman–Crippen LogP) is 3.32. The highest BCUT2D eigenvalue weighted by Crippen LogP contribution is 2.16. The van der Waals surface area contributed by atoms with Gasteiger partial charge in [0.1, 0.15) is 0 Å². The standard InChI is InChI=1S/C12H21NS/c1-12(2,3)6-8-13-7-4-11-5-9-14-10-11/h5,9-10,13H,4,6-8H2,1-3H3. The largest absolute Gasteiger partial charge is 0.316 e. The lowest BCUT2D eigenvalue weighted by atomic mass is 9.92. The first-order chi connectivity index (χ1) is 6.58. The van der Waals surface area contributed by atoms with Gasteiger partial charge in [-0.2, -0.15) is 11.3 Å². The van der Waals surface area contributed by atoms with Gasteiger partial charge < -0.3 is 5.32 Å². The van der Waals surface area contributed by atoms with E-state index in [0.717, 1.165) is 19.5 Å². The van der Waals surface area contributed by atoms with Crippen LogP contribution in [-0.4, -0.2) is 13.1 Å². The molecule has 80 valence electrons. The maximum Gasteiger partial charge on any atom is -0.000805 e. The molecule has 14 heavy (non-hydrogen) atoms. The molecule has 0 aliphatic carbocycles. The summed E-state index contributed by atoms with van der Waals surface area (Å²) in [5, 5.41) is 7.86. The minimum absolute atomic E-state index is 0.454. The molecule has 0 bridgehead atoms. The van der Waals surface area contributed by atoms with Crippen LogP contribution in [0.15, 0.2) is 16.8 Å². The Bertz CT molecular complexity index is 233. The second-order valence-corrected chi connectivity index (χ2v) is 5.72. The summed E-state index contributed by atoms with van der Waals surface area (Å²) in [4.78, 5) is 0. The molecular formula is C12H21NS. The first kappa shape index (κ1) is 11.7. The lowest BCUT2D eigenvalue weighted by Crippen LogP contribution is -2.22. The number of hydrogen-bond acceptors (Lipinski definition) is 2. The highest BCUT2D eigenvalue weighted by Gasteiger charge is 2.08. The van der Waals surface area contributed by atoms with E-state index >= 15 is 0 Å². The fourth-order valence-corrected chi connectivity index (χ4v) is 1.96. The zero-order chi connectivity index (χ0) is 10.4. The topological polar surface area (TPSA) is 12.0 Å². The SMILES string of the molecule is CC(C)(C)CCNCCc1ccsc1. The van der Waals surface area contributed by atoms with Crippen LogP contribution in [0.25, 0.3) is 0 Å². The molecule has 0 unspecified atom stereocenters. The molecule has 0 fully saturated rings. The summed E-state index contributed by atoms with van der Waals surface area (Å²) < 4.78 is 0. The van der Waals surface area contributed by atoms with E-state index in [4.69, 9.17) is 0 Å². The molecule has 1 heterocycles. The van der Waals surface area contributed by atoms with Crippen molar-refractivity contribution >= 4 is 11.3 Å². The Morgan fingerprint density at radius 3 is 2.64 bits per heavy atom. The van der Waals surface area contributed by atoms with Crippen molar-refractivity contribution in [3.8, 4) is 0 Å². The van der Waals surface area contributed by atoms with E-state index in [1.807, 2.05) is 0 Å². The summed E-state index contributed by atoms with van der Waals surface area (Å²) in [5.74, 6) is 0. The highest BCUT2D eigenvalue weighted by atomic mass is 32.1. The Hall–Kier alpha value is -0.340. The minimum Gasteiger partial charge on any atom is -0.316 e. The van der Waals surface area contributed by atoms with Crippen molar-refractivity contribution in [1.29, 1.82) is 0 Å². The van der Waals surface area contributed by atoms with Gasteiger partial charge >= 0.3 is 0 Å². The van der Waals surface area contributed by atoms with E-state index < -0.39 is 0 Å². The highest BCUT2D eigenvalue weighted by molar-refractivity contribution is 7.07. The lowest BCUT2D eigenvalue weighted by molar-refractivity contribution is 0.368. The van der Waals surface area contributed by atoms with Crippen molar-refractivity contribution in [3.05, 3.63) is 22.4 Å². The van der Waals surface area contributed by atoms with Crippen molar-refractivity contribution < 1.29 is 0 Å². The Labute approximate surface area is 91.5 Å². The molecule has 0 radical (unpaired) electrons.